The van der Waals surface area contributed by atoms with Gasteiger partial charge in [0.05, 0.1) is 11.4 Å². The monoisotopic (exact) mass is 418 g/mol. The number of hydrogen-bond donors (Lipinski definition) is 2. The van der Waals surface area contributed by atoms with Gasteiger partial charge in [-0.3, -0.25) is 14.4 Å². The minimum absolute atomic E-state index is 0.0189. The molecule has 7 nitrogen and oxygen atoms in total. The number of amides is 2. The number of anilines is 1. The number of piperidine rings is 1. The SMILES string of the molecule is CCCC(=O)Nc1cc(C=CC(=O)N2CC3CC34C2=CC(=O)c2[nH]cc(C)c24)n(C)c1. The lowest BCUT2D eigenvalue weighted by atomic mass is 9.83. The highest BCUT2D eigenvalue weighted by atomic mass is 16.2. The zero-order chi connectivity index (χ0) is 21.9. The molecule has 2 aliphatic carbocycles. The van der Waals surface area contributed by atoms with E-state index in [0.717, 1.165) is 35.4 Å². The van der Waals surface area contributed by atoms with E-state index in [1.165, 1.54) is 0 Å². The topological polar surface area (TPSA) is 87.2 Å². The molecular formula is C24H26N4O3. The number of H-pyrrole nitrogens is 1. The van der Waals surface area contributed by atoms with E-state index in [9.17, 15) is 14.4 Å². The van der Waals surface area contributed by atoms with Gasteiger partial charge in [0.25, 0.3) is 5.91 Å². The van der Waals surface area contributed by atoms with Crippen molar-refractivity contribution < 1.29 is 14.4 Å². The molecule has 1 saturated carbocycles. The van der Waals surface area contributed by atoms with E-state index in [0.29, 0.717) is 30.3 Å². The Kier molecular flexibility index (Phi) is 4.32. The molecule has 0 aromatic carbocycles. The van der Waals surface area contributed by atoms with E-state index < -0.39 is 0 Å². The second-order valence-corrected chi connectivity index (χ2v) is 8.83. The number of allylic oxidation sites excluding steroid dienone is 2. The van der Waals surface area contributed by atoms with Crippen LogP contribution < -0.4 is 5.32 Å². The summed E-state index contributed by atoms with van der Waals surface area (Å²) in [6, 6.07) is 1.85. The van der Waals surface area contributed by atoms with Crippen molar-refractivity contribution in [2.45, 2.75) is 38.5 Å². The first-order valence-electron chi connectivity index (χ1n) is 10.8. The lowest BCUT2D eigenvalue weighted by Crippen LogP contribution is -2.32. The fourth-order valence-electron chi connectivity index (χ4n) is 5.27. The smallest absolute Gasteiger partial charge is 0.250 e. The number of ketones is 1. The molecule has 3 heterocycles. The average molecular weight is 418 g/mol. The highest BCUT2D eigenvalue weighted by Gasteiger charge is 2.67. The number of rotatable bonds is 5. The third-order valence-corrected chi connectivity index (χ3v) is 6.76. The van der Waals surface area contributed by atoms with E-state index in [-0.39, 0.29) is 23.0 Å². The zero-order valence-corrected chi connectivity index (χ0v) is 18.0. The molecule has 31 heavy (non-hydrogen) atoms. The van der Waals surface area contributed by atoms with Crippen LogP contribution in [0.4, 0.5) is 5.69 Å². The fourth-order valence-corrected chi connectivity index (χ4v) is 5.27. The number of nitrogens with one attached hydrogen (secondary N) is 2. The predicted molar refractivity (Wildman–Crippen MR) is 117 cm³/mol. The molecule has 2 fully saturated rings. The van der Waals surface area contributed by atoms with Gasteiger partial charge in [-0.1, -0.05) is 6.92 Å². The summed E-state index contributed by atoms with van der Waals surface area (Å²) in [5, 5.41) is 2.87. The van der Waals surface area contributed by atoms with Crippen LogP contribution in [0, 0.1) is 12.8 Å². The predicted octanol–water partition coefficient (Wildman–Crippen LogP) is 3.29. The highest BCUT2D eigenvalue weighted by molar-refractivity contribution is 6.09. The van der Waals surface area contributed by atoms with E-state index in [4.69, 9.17) is 0 Å². The molecule has 2 unspecified atom stereocenters. The van der Waals surface area contributed by atoms with Gasteiger partial charge in [0.2, 0.25) is 11.7 Å². The maximum Gasteiger partial charge on any atom is 0.250 e. The molecule has 1 spiro atoms. The van der Waals surface area contributed by atoms with Crippen LogP contribution in [0.2, 0.25) is 0 Å². The molecule has 0 radical (unpaired) electrons. The Labute approximate surface area is 180 Å². The molecular weight excluding hydrogens is 392 g/mol. The Morgan fingerprint density at radius 2 is 2.19 bits per heavy atom. The molecule has 2 aromatic heterocycles. The summed E-state index contributed by atoms with van der Waals surface area (Å²) in [7, 11) is 1.87. The Bertz CT molecular complexity index is 1180. The molecule has 160 valence electrons. The number of likely N-dealkylation sites (tertiary alicyclic amines) is 1. The number of hydrogen-bond acceptors (Lipinski definition) is 3. The summed E-state index contributed by atoms with van der Waals surface area (Å²) in [6.07, 6.45) is 10.9. The Hall–Kier alpha value is -3.35. The van der Waals surface area contributed by atoms with Crippen LogP contribution in [0.3, 0.4) is 0 Å². The Balaban J connectivity index is 1.35. The summed E-state index contributed by atoms with van der Waals surface area (Å²) in [5.74, 6) is 0.162. The molecule has 3 aliphatic rings. The number of aryl methyl sites for hydroxylation is 2. The molecule has 2 N–H and O–H groups in total. The van der Waals surface area contributed by atoms with Crippen molar-refractivity contribution in [1.82, 2.24) is 14.5 Å². The van der Waals surface area contributed by atoms with Gasteiger partial charge in [-0.15, -0.1) is 0 Å². The Morgan fingerprint density at radius 1 is 1.39 bits per heavy atom. The molecule has 5 rings (SSSR count). The van der Waals surface area contributed by atoms with Crippen molar-refractivity contribution >= 4 is 29.4 Å². The van der Waals surface area contributed by atoms with Crippen LogP contribution >= 0.6 is 0 Å². The third kappa shape index (κ3) is 2.91. The standard InChI is InChI=1S/C24H26N4O3/c1-4-5-20(30)26-16-8-17(27(3)13-16)6-7-21(31)28-12-15-10-24(15)19(28)9-18(29)23-22(24)14(2)11-25-23/h6-9,11,13,15,25H,4-5,10,12H2,1-3H3,(H,26,30). The van der Waals surface area contributed by atoms with Crippen molar-refractivity contribution in [2.75, 3.05) is 11.9 Å². The second kappa shape index (κ2) is 6.83. The van der Waals surface area contributed by atoms with Crippen LogP contribution in [0.1, 0.15) is 53.5 Å². The van der Waals surface area contributed by atoms with Gasteiger partial charge in [-0.05, 0) is 49.0 Å². The molecule has 1 saturated heterocycles. The quantitative estimate of drug-likeness (QED) is 0.731. The van der Waals surface area contributed by atoms with Crippen LogP contribution in [0.25, 0.3) is 6.08 Å². The summed E-state index contributed by atoms with van der Waals surface area (Å²) >= 11 is 0. The molecule has 2 amide bonds. The third-order valence-electron chi connectivity index (χ3n) is 6.76. The van der Waals surface area contributed by atoms with Crippen molar-refractivity contribution in [3.05, 3.63) is 58.8 Å². The molecule has 7 heteroatoms. The highest BCUT2D eigenvalue weighted by Crippen LogP contribution is 2.67. The summed E-state index contributed by atoms with van der Waals surface area (Å²) < 4.78 is 1.87. The van der Waals surface area contributed by atoms with Gasteiger partial charge in [-0.2, -0.15) is 0 Å². The summed E-state index contributed by atoms with van der Waals surface area (Å²) in [6.45, 7) is 4.62. The average Bonchev–Trinajstić information content (AvgIpc) is 2.98. The molecule has 1 aliphatic heterocycles. The summed E-state index contributed by atoms with van der Waals surface area (Å²) in [4.78, 5) is 42.4. The zero-order valence-electron chi connectivity index (χ0n) is 18.0. The van der Waals surface area contributed by atoms with Gasteiger partial charge >= 0.3 is 0 Å². The van der Waals surface area contributed by atoms with E-state index >= 15 is 0 Å². The van der Waals surface area contributed by atoms with Gasteiger partial charge in [-0.25, -0.2) is 0 Å². The van der Waals surface area contributed by atoms with Gasteiger partial charge in [0.15, 0.2) is 0 Å². The largest absolute Gasteiger partial charge is 0.358 e. The number of fused-ring (bicyclic) bond motifs is 1. The Morgan fingerprint density at radius 3 is 2.97 bits per heavy atom. The first-order valence-corrected chi connectivity index (χ1v) is 10.8. The number of carbonyl (C=O) groups excluding carboxylic acids is 3. The number of nitrogens with zero attached hydrogens (tertiary/aromatic N) is 2. The van der Waals surface area contributed by atoms with E-state index in [1.54, 1.807) is 23.1 Å². The van der Waals surface area contributed by atoms with Gasteiger partial charge in [0, 0.05) is 61.4 Å². The summed E-state index contributed by atoms with van der Waals surface area (Å²) in [5.41, 5.74) is 5.03. The van der Waals surface area contributed by atoms with Crippen LogP contribution in [-0.2, 0) is 22.1 Å². The maximum absolute atomic E-state index is 13.1. The normalized spacial score (nSPS) is 23.5. The van der Waals surface area contributed by atoms with Crippen LogP contribution in [-0.4, -0.2) is 38.6 Å². The van der Waals surface area contributed by atoms with Crippen molar-refractivity contribution in [3.63, 3.8) is 0 Å². The lowest BCUT2D eigenvalue weighted by Gasteiger charge is -2.27. The van der Waals surface area contributed by atoms with Crippen molar-refractivity contribution in [2.24, 2.45) is 13.0 Å². The second-order valence-electron chi connectivity index (χ2n) is 8.83. The van der Waals surface area contributed by atoms with Gasteiger partial charge in [0.1, 0.15) is 0 Å². The lowest BCUT2D eigenvalue weighted by molar-refractivity contribution is -0.124. The van der Waals surface area contributed by atoms with Crippen molar-refractivity contribution in [3.8, 4) is 0 Å². The number of aromatic amines is 1. The maximum atomic E-state index is 13.1. The van der Waals surface area contributed by atoms with Crippen LogP contribution in [0.15, 0.2) is 36.3 Å². The van der Waals surface area contributed by atoms with E-state index in [1.807, 2.05) is 43.9 Å². The van der Waals surface area contributed by atoms with Gasteiger partial charge < -0.3 is 19.8 Å². The number of carbonyl (C=O) groups is 3. The molecule has 0 bridgehead atoms. The first kappa shape index (κ1) is 19.6. The fraction of sp³-hybridized carbons (Fsp3) is 0.375. The van der Waals surface area contributed by atoms with E-state index in [2.05, 4.69) is 10.3 Å². The minimum Gasteiger partial charge on any atom is -0.358 e. The molecule has 2 atom stereocenters. The minimum atomic E-state index is -0.182. The first-order chi connectivity index (χ1) is 14.8. The van der Waals surface area contributed by atoms with Crippen LogP contribution in [0.5, 0.6) is 0 Å². The van der Waals surface area contributed by atoms with Crippen molar-refractivity contribution in [1.29, 1.82) is 0 Å². The molecule has 2 aromatic rings. The number of aromatic nitrogens is 2.